The smallest absolute Gasteiger partial charge is 0.293 e. The first-order valence-electron chi connectivity index (χ1n) is 11.4. The van der Waals surface area contributed by atoms with Gasteiger partial charge >= 0.3 is 0 Å². The van der Waals surface area contributed by atoms with E-state index in [2.05, 4.69) is 0 Å². The van der Waals surface area contributed by atoms with Crippen molar-refractivity contribution in [3.8, 4) is 5.75 Å². The molecule has 4 aromatic rings. The maximum absolute atomic E-state index is 13.0. The van der Waals surface area contributed by atoms with Gasteiger partial charge in [0.05, 0.1) is 18.0 Å². The summed E-state index contributed by atoms with van der Waals surface area (Å²) >= 11 is 12.6. The highest BCUT2D eigenvalue weighted by Gasteiger charge is 2.36. The Morgan fingerprint density at radius 2 is 1.59 bits per heavy atom. The van der Waals surface area contributed by atoms with E-state index in [1.165, 1.54) is 0 Å². The average Bonchev–Trinajstić information content (AvgIpc) is 3.37. The van der Waals surface area contributed by atoms with Crippen LogP contribution in [0.5, 0.6) is 5.75 Å². The number of rotatable bonds is 8. The number of carbonyl (C=O) groups is 3. The molecule has 37 heavy (non-hydrogen) atoms. The minimum Gasteiger partial charge on any atom is -0.492 e. The van der Waals surface area contributed by atoms with Gasteiger partial charge in [-0.05, 0) is 72.4 Å². The number of thioether (sulfide) groups is 1. The number of ketones is 1. The summed E-state index contributed by atoms with van der Waals surface area (Å²) in [7, 11) is 0. The maximum Gasteiger partial charge on any atom is 0.293 e. The van der Waals surface area contributed by atoms with Gasteiger partial charge in [-0.15, -0.1) is 0 Å². The Bertz CT molecular complexity index is 1530. The van der Waals surface area contributed by atoms with Crippen LogP contribution < -0.4 is 4.74 Å². The molecule has 1 saturated heterocycles. The SMILES string of the molecule is O=C(CN1C(=O)S/C(=C\c2cn(CCOc3ccc(Cl)cc3)c3ccccc23)C1=O)c1ccc(Cl)cc1. The van der Waals surface area contributed by atoms with Crippen molar-refractivity contribution in [2.24, 2.45) is 0 Å². The molecule has 0 bridgehead atoms. The minimum absolute atomic E-state index is 0.272. The van der Waals surface area contributed by atoms with Gasteiger partial charge in [0.2, 0.25) is 0 Å². The molecule has 2 heterocycles. The summed E-state index contributed by atoms with van der Waals surface area (Å²) in [6.45, 7) is 0.685. The summed E-state index contributed by atoms with van der Waals surface area (Å²) in [6, 6.07) is 21.3. The molecule has 6 nitrogen and oxygen atoms in total. The molecule has 1 aromatic heterocycles. The van der Waals surface area contributed by atoms with Crippen LogP contribution in [0.25, 0.3) is 17.0 Å². The highest BCUT2D eigenvalue weighted by Crippen LogP contribution is 2.34. The molecule has 1 aliphatic heterocycles. The fourth-order valence-electron chi connectivity index (χ4n) is 4.02. The van der Waals surface area contributed by atoms with Crippen LogP contribution in [0.2, 0.25) is 10.0 Å². The topological polar surface area (TPSA) is 68.6 Å². The first kappa shape index (κ1) is 25.1. The molecule has 0 saturated carbocycles. The quantitative estimate of drug-likeness (QED) is 0.175. The van der Waals surface area contributed by atoms with Crippen LogP contribution in [0.1, 0.15) is 15.9 Å². The maximum atomic E-state index is 13.0. The Hall–Kier alpha value is -3.52. The first-order valence-corrected chi connectivity index (χ1v) is 13.0. The van der Waals surface area contributed by atoms with E-state index in [0.29, 0.717) is 28.8 Å². The van der Waals surface area contributed by atoms with Crippen LogP contribution in [0, 0.1) is 0 Å². The van der Waals surface area contributed by atoms with Crippen molar-refractivity contribution in [2.75, 3.05) is 13.2 Å². The Morgan fingerprint density at radius 1 is 0.919 bits per heavy atom. The van der Waals surface area contributed by atoms with Crippen molar-refractivity contribution >= 4 is 68.9 Å². The molecular weight excluding hydrogens is 531 g/mol. The Labute approximate surface area is 227 Å². The molecule has 0 N–H and O–H groups in total. The largest absolute Gasteiger partial charge is 0.492 e. The zero-order chi connectivity index (χ0) is 25.9. The summed E-state index contributed by atoms with van der Waals surface area (Å²) in [5.41, 5.74) is 2.17. The van der Waals surface area contributed by atoms with E-state index in [-0.39, 0.29) is 17.2 Å². The lowest BCUT2D eigenvalue weighted by Crippen LogP contribution is -2.33. The van der Waals surface area contributed by atoms with Crippen molar-refractivity contribution in [1.82, 2.24) is 9.47 Å². The number of hydrogen-bond acceptors (Lipinski definition) is 5. The third kappa shape index (κ3) is 5.59. The van der Waals surface area contributed by atoms with Gasteiger partial charge in [0, 0.05) is 38.3 Å². The molecule has 0 atom stereocenters. The fourth-order valence-corrected chi connectivity index (χ4v) is 5.10. The second-order valence-electron chi connectivity index (χ2n) is 8.30. The van der Waals surface area contributed by atoms with Crippen molar-refractivity contribution in [1.29, 1.82) is 0 Å². The number of ether oxygens (including phenoxy) is 1. The third-order valence-electron chi connectivity index (χ3n) is 5.86. The predicted octanol–water partition coefficient (Wildman–Crippen LogP) is 6.95. The Morgan fingerprint density at radius 3 is 2.32 bits per heavy atom. The molecule has 2 amide bonds. The second-order valence-corrected chi connectivity index (χ2v) is 10.2. The van der Waals surface area contributed by atoms with Gasteiger partial charge in [0.25, 0.3) is 11.1 Å². The van der Waals surface area contributed by atoms with Gasteiger partial charge < -0.3 is 9.30 Å². The van der Waals surface area contributed by atoms with Crippen LogP contribution in [0.3, 0.4) is 0 Å². The summed E-state index contributed by atoms with van der Waals surface area (Å²) in [6.07, 6.45) is 3.64. The normalized spacial score (nSPS) is 14.6. The standard InChI is InChI=1S/C28H20Cl2N2O4S/c29-20-7-5-18(6-8-20)25(33)17-32-27(34)26(37-28(32)35)15-19-16-31(24-4-2-1-3-23(19)24)13-14-36-22-11-9-21(30)10-12-22/h1-12,15-16H,13-14,17H2/b26-15-. The molecule has 0 radical (unpaired) electrons. The van der Waals surface area contributed by atoms with E-state index in [1.807, 2.05) is 47.2 Å². The van der Waals surface area contributed by atoms with Gasteiger partial charge in [0.1, 0.15) is 12.4 Å². The van der Waals surface area contributed by atoms with E-state index in [9.17, 15) is 14.4 Å². The lowest BCUT2D eigenvalue weighted by molar-refractivity contribution is -0.122. The molecule has 0 aliphatic carbocycles. The lowest BCUT2D eigenvalue weighted by Gasteiger charge is -2.11. The minimum atomic E-state index is -0.486. The number of fused-ring (bicyclic) bond motifs is 1. The van der Waals surface area contributed by atoms with Gasteiger partial charge in [-0.25, -0.2) is 0 Å². The molecule has 9 heteroatoms. The van der Waals surface area contributed by atoms with E-state index >= 15 is 0 Å². The van der Waals surface area contributed by atoms with Crippen LogP contribution in [0.15, 0.2) is 83.9 Å². The average molecular weight is 551 g/mol. The van der Waals surface area contributed by atoms with Crippen molar-refractivity contribution in [3.63, 3.8) is 0 Å². The van der Waals surface area contributed by atoms with E-state index < -0.39 is 11.1 Å². The van der Waals surface area contributed by atoms with Gasteiger partial charge in [-0.1, -0.05) is 41.4 Å². The number of amides is 2. The number of halogens is 2. The number of imide groups is 1. The number of carbonyl (C=O) groups excluding carboxylic acids is 3. The zero-order valence-electron chi connectivity index (χ0n) is 19.4. The number of aromatic nitrogens is 1. The van der Waals surface area contributed by atoms with Crippen LogP contribution in [0.4, 0.5) is 4.79 Å². The van der Waals surface area contributed by atoms with E-state index in [4.69, 9.17) is 27.9 Å². The highest BCUT2D eigenvalue weighted by molar-refractivity contribution is 8.18. The molecule has 0 unspecified atom stereocenters. The molecule has 186 valence electrons. The number of Topliss-reactive ketones (excluding diaryl/α,β-unsaturated/α-hetero) is 1. The van der Waals surface area contributed by atoms with Crippen molar-refractivity contribution in [2.45, 2.75) is 6.54 Å². The van der Waals surface area contributed by atoms with Crippen molar-refractivity contribution < 1.29 is 19.1 Å². The number of para-hydroxylation sites is 1. The van der Waals surface area contributed by atoms with Gasteiger partial charge in [0.15, 0.2) is 5.78 Å². The summed E-state index contributed by atoms with van der Waals surface area (Å²) in [5.74, 6) is -0.0966. The molecule has 5 rings (SSSR count). The lowest BCUT2D eigenvalue weighted by atomic mass is 10.1. The Balaban J connectivity index is 1.33. The highest BCUT2D eigenvalue weighted by atomic mass is 35.5. The van der Waals surface area contributed by atoms with Crippen molar-refractivity contribution in [3.05, 3.63) is 105 Å². The summed E-state index contributed by atoms with van der Waals surface area (Å²) in [4.78, 5) is 39.5. The summed E-state index contributed by atoms with van der Waals surface area (Å²) in [5, 5.41) is 1.62. The van der Waals surface area contributed by atoms with E-state index in [1.54, 1.807) is 42.5 Å². The van der Waals surface area contributed by atoms with Gasteiger partial charge in [-0.3, -0.25) is 19.3 Å². The van der Waals surface area contributed by atoms with Gasteiger partial charge in [-0.2, -0.15) is 0 Å². The van der Waals surface area contributed by atoms with E-state index in [0.717, 1.165) is 38.9 Å². The molecule has 1 fully saturated rings. The second kappa shape index (κ2) is 10.8. The third-order valence-corrected chi connectivity index (χ3v) is 7.27. The molecule has 1 aliphatic rings. The summed E-state index contributed by atoms with van der Waals surface area (Å²) < 4.78 is 7.88. The molecular formula is C28H20Cl2N2O4S. The van der Waals surface area contributed by atoms with Crippen LogP contribution >= 0.6 is 35.0 Å². The predicted molar refractivity (Wildman–Crippen MR) is 147 cm³/mol. The molecule has 3 aromatic carbocycles. The fraction of sp³-hybridized carbons (Fsp3) is 0.107. The Kier molecular flexibility index (Phi) is 7.37. The number of benzene rings is 3. The van der Waals surface area contributed by atoms with Crippen LogP contribution in [-0.4, -0.2) is 39.5 Å². The number of nitrogens with zero attached hydrogens (tertiary/aromatic N) is 2. The molecule has 0 spiro atoms. The zero-order valence-corrected chi connectivity index (χ0v) is 21.7. The van der Waals surface area contributed by atoms with Crippen LogP contribution in [-0.2, 0) is 11.3 Å². The number of hydrogen-bond donors (Lipinski definition) is 0. The monoisotopic (exact) mass is 550 g/mol. The first-order chi connectivity index (χ1) is 17.9.